The predicted molar refractivity (Wildman–Crippen MR) is 69.4 cm³/mol. The Bertz CT molecular complexity index is 758. The van der Waals surface area contributed by atoms with Crippen LogP contribution in [-0.2, 0) is 0 Å². The van der Waals surface area contributed by atoms with E-state index < -0.39 is 0 Å². The first-order valence-electron chi connectivity index (χ1n) is 5.60. The molecular formula is C12H11N5O2. The van der Waals surface area contributed by atoms with E-state index in [4.69, 9.17) is 10.2 Å². The number of anilines is 1. The number of fused-ring (bicyclic) bond motifs is 1. The minimum absolute atomic E-state index is 0.200. The summed E-state index contributed by atoms with van der Waals surface area (Å²) in [7, 11) is 1.53. The summed E-state index contributed by atoms with van der Waals surface area (Å²) in [4.78, 5) is 22.7. The molecular weight excluding hydrogens is 246 g/mol. The lowest BCUT2D eigenvalue weighted by molar-refractivity contribution is 0.0958. The lowest BCUT2D eigenvalue weighted by atomic mass is 10.2. The SMILES string of the molecule is CNC(=O)c1coc(-c2cnc3[nH]ccc3c2N)n1. The van der Waals surface area contributed by atoms with Crippen LogP contribution in [0.25, 0.3) is 22.5 Å². The van der Waals surface area contributed by atoms with E-state index in [0.717, 1.165) is 5.39 Å². The molecule has 0 atom stereocenters. The molecule has 0 radical (unpaired) electrons. The number of aromatic nitrogens is 3. The molecule has 19 heavy (non-hydrogen) atoms. The Morgan fingerprint density at radius 1 is 1.53 bits per heavy atom. The number of carbonyl (C=O) groups excluding carboxylic acids is 1. The summed E-state index contributed by atoms with van der Waals surface area (Å²) in [5.74, 6) is -0.0454. The van der Waals surface area contributed by atoms with Crippen molar-refractivity contribution in [2.45, 2.75) is 0 Å². The lowest BCUT2D eigenvalue weighted by Gasteiger charge is -2.01. The molecule has 0 aromatic carbocycles. The van der Waals surface area contributed by atoms with Crippen LogP contribution < -0.4 is 11.1 Å². The molecule has 7 nitrogen and oxygen atoms in total. The second kappa shape index (κ2) is 4.13. The average Bonchev–Trinajstić information content (AvgIpc) is 3.07. The van der Waals surface area contributed by atoms with E-state index in [2.05, 4.69) is 20.3 Å². The molecule has 0 saturated carbocycles. The number of carbonyl (C=O) groups is 1. The Balaban J connectivity index is 2.11. The van der Waals surface area contributed by atoms with Crippen LogP contribution in [0.1, 0.15) is 10.5 Å². The van der Waals surface area contributed by atoms with Crippen molar-refractivity contribution >= 4 is 22.6 Å². The van der Waals surface area contributed by atoms with Crippen molar-refractivity contribution in [1.29, 1.82) is 0 Å². The number of rotatable bonds is 2. The number of hydrogen-bond acceptors (Lipinski definition) is 5. The van der Waals surface area contributed by atoms with E-state index in [9.17, 15) is 4.79 Å². The molecule has 7 heteroatoms. The van der Waals surface area contributed by atoms with Crippen LogP contribution in [0.5, 0.6) is 0 Å². The molecule has 3 aromatic rings. The minimum atomic E-state index is -0.316. The highest BCUT2D eigenvalue weighted by Gasteiger charge is 2.16. The van der Waals surface area contributed by atoms with Crippen molar-refractivity contribution in [3.05, 3.63) is 30.4 Å². The Morgan fingerprint density at radius 3 is 3.16 bits per heavy atom. The second-order valence-electron chi connectivity index (χ2n) is 3.94. The van der Waals surface area contributed by atoms with Crippen molar-refractivity contribution < 1.29 is 9.21 Å². The molecule has 0 bridgehead atoms. The zero-order valence-electron chi connectivity index (χ0n) is 10.1. The Kier molecular flexibility index (Phi) is 2.45. The second-order valence-corrected chi connectivity index (χ2v) is 3.94. The van der Waals surface area contributed by atoms with Crippen molar-refractivity contribution in [2.24, 2.45) is 0 Å². The number of nitrogens with one attached hydrogen (secondary N) is 2. The standard InChI is InChI=1S/C12H11N5O2/c1-14-11(18)8-5-19-12(17-8)7-4-16-10-6(9(7)13)2-3-15-10/h2-5H,1H3,(H,14,18)(H3,13,15,16). The molecule has 0 spiro atoms. The number of hydrogen-bond donors (Lipinski definition) is 3. The number of H-pyrrole nitrogens is 1. The summed E-state index contributed by atoms with van der Waals surface area (Å²) in [5.41, 5.74) is 8.01. The Hall–Kier alpha value is -2.83. The highest BCUT2D eigenvalue weighted by molar-refractivity contribution is 5.96. The van der Waals surface area contributed by atoms with E-state index in [1.807, 2.05) is 6.07 Å². The van der Waals surface area contributed by atoms with Crippen LogP contribution in [0, 0.1) is 0 Å². The average molecular weight is 257 g/mol. The number of nitrogen functional groups attached to an aromatic ring is 1. The van der Waals surface area contributed by atoms with Gasteiger partial charge in [-0.25, -0.2) is 9.97 Å². The van der Waals surface area contributed by atoms with Gasteiger partial charge in [0.05, 0.1) is 11.3 Å². The van der Waals surface area contributed by atoms with Crippen molar-refractivity contribution in [2.75, 3.05) is 12.8 Å². The van der Waals surface area contributed by atoms with Gasteiger partial charge in [-0.1, -0.05) is 0 Å². The molecule has 0 fully saturated rings. The smallest absolute Gasteiger partial charge is 0.272 e. The van der Waals surface area contributed by atoms with Gasteiger partial charge in [-0.3, -0.25) is 4.79 Å². The van der Waals surface area contributed by atoms with Gasteiger partial charge in [0.25, 0.3) is 5.91 Å². The summed E-state index contributed by atoms with van der Waals surface area (Å²) >= 11 is 0. The van der Waals surface area contributed by atoms with E-state index in [1.165, 1.54) is 13.3 Å². The van der Waals surface area contributed by atoms with Crippen LogP contribution >= 0.6 is 0 Å². The molecule has 96 valence electrons. The first kappa shape index (κ1) is 11.3. The fraction of sp³-hybridized carbons (Fsp3) is 0.0833. The van der Waals surface area contributed by atoms with Gasteiger partial charge in [-0.2, -0.15) is 0 Å². The number of pyridine rings is 1. The van der Waals surface area contributed by atoms with E-state index in [-0.39, 0.29) is 17.5 Å². The third kappa shape index (κ3) is 1.71. The Morgan fingerprint density at radius 2 is 2.37 bits per heavy atom. The molecule has 0 aliphatic rings. The maximum Gasteiger partial charge on any atom is 0.272 e. The third-order valence-corrected chi connectivity index (χ3v) is 2.82. The fourth-order valence-electron chi connectivity index (χ4n) is 1.83. The topological polar surface area (TPSA) is 110 Å². The summed E-state index contributed by atoms with van der Waals surface area (Å²) in [5, 5.41) is 3.26. The fourth-order valence-corrected chi connectivity index (χ4v) is 1.83. The zero-order valence-corrected chi connectivity index (χ0v) is 10.1. The number of amides is 1. The van der Waals surface area contributed by atoms with Crippen molar-refractivity contribution in [3.8, 4) is 11.5 Å². The normalized spacial score (nSPS) is 10.8. The molecule has 3 heterocycles. The van der Waals surface area contributed by atoms with Crippen LogP contribution in [0.15, 0.2) is 29.1 Å². The number of nitrogens with zero attached hydrogens (tertiary/aromatic N) is 2. The van der Waals surface area contributed by atoms with Gasteiger partial charge in [0.15, 0.2) is 5.69 Å². The summed E-state index contributed by atoms with van der Waals surface area (Å²) in [6.45, 7) is 0. The van der Waals surface area contributed by atoms with Gasteiger partial charge in [-0.05, 0) is 6.07 Å². The molecule has 0 aliphatic heterocycles. The highest BCUT2D eigenvalue weighted by Crippen LogP contribution is 2.30. The van der Waals surface area contributed by atoms with Crippen LogP contribution in [-0.4, -0.2) is 27.9 Å². The van der Waals surface area contributed by atoms with Gasteiger partial charge in [0.1, 0.15) is 11.9 Å². The maximum atomic E-state index is 11.4. The van der Waals surface area contributed by atoms with E-state index in [0.29, 0.717) is 16.9 Å². The number of aromatic amines is 1. The highest BCUT2D eigenvalue weighted by atomic mass is 16.3. The van der Waals surface area contributed by atoms with Gasteiger partial charge >= 0.3 is 0 Å². The molecule has 1 amide bonds. The van der Waals surface area contributed by atoms with E-state index in [1.54, 1.807) is 12.4 Å². The number of nitrogens with two attached hydrogens (primary N) is 1. The summed E-state index contributed by atoms with van der Waals surface area (Å²) in [6.07, 6.45) is 4.60. The number of oxazole rings is 1. The predicted octanol–water partition coefficient (Wildman–Crippen LogP) is 1.16. The molecule has 0 unspecified atom stereocenters. The van der Waals surface area contributed by atoms with Gasteiger partial charge in [-0.15, -0.1) is 0 Å². The van der Waals surface area contributed by atoms with Gasteiger partial charge < -0.3 is 20.5 Å². The molecule has 3 rings (SSSR count). The first-order chi connectivity index (χ1) is 9.20. The van der Waals surface area contributed by atoms with Crippen molar-refractivity contribution in [3.63, 3.8) is 0 Å². The van der Waals surface area contributed by atoms with E-state index >= 15 is 0 Å². The minimum Gasteiger partial charge on any atom is -0.443 e. The first-order valence-corrected chi connectivity index (χ1v) is 5.60. The quantitative estimate of drug-likeness (QED) is 0.638. The summed E-state index contributed by atoms with van der Waals surface area (Å²) < 4.78 is 5.28. The largest absolute Gasteiger partial charge is 0.443 e. The van der Waals surface area contributed by atoms with Crippen LogP contribution in [0.3, 0.4) is 0 Å². The maximum absolute atomic E-state index is 11.4. The molecule has 0 aliphatic carbocycles. The zero-order chi connectivity index (χ0) is 13.4. The lowest BCUT2D eigenvalue weighted by Crippen LogP contribution is -2.17. The van der Waals surface area contributed by atoms with Crippen molar-refractivity contribution in [1.82, 2.24) is 20.3 Å². The van der Waals surface area contributed by atoms with Gasteiger partial charge in [0, 0.05) is 24.8 Å². The molecule has 3 aromatic heterocycles. The molecule has 0 saturated heterocycles. The summed E-state index contributed by atoms with van der Waals surface area (Å²) in [6, 6.07) is 1.82. The Labute approximate surface area is 107 Å². The van der Waals surface area contributed by atoms with Crippen LogP contribution in [0.4, 0.5) is 5.69 Å². The van der Waals surface area contributed by atoms with Crippen LogP contribution in [0.2, 0.25) is 0 Å². The third-order valence-electron chi connectivity index (χ3n) is 2.82. The monoisotopic (exact) mass is 257 g/mol. The van der Waals surface area contributed by atoms with Gasteiger partial charge in [0.2, 0.25) is 5.89 Å². The molecule has 4 N–H and O–H groups in total.